The van der Waals surface area contributed by atoms with Gasteiger partial charge in [-0.2, -0.15) is 0 Å². The molecule has 10 rings (SSSR count). The summed E-state index contributed by atoms with van der Waals surface area (Å²) < 4.78 is 47.9. The Hall–Kier alpha value is -5.54. The van der Waals surface area contributed by atoms with Gasteiger partial charge < -0.3 is 43.0 Å². The van der Waals surface area contributed by atoms with E-state index in [4.69, 9.17) is 37.9 Å². The number of hydrogen-bond acceptors (Lipinski definition) is 9. The van der Waals surface area contributed by atoms with E-state index < -0.39 is 6.10 Å². The molecule has 9 nitrogen and oxygen atoms in total. The molecule has 0 bridgehead atoms. The van der Waals surface area contributed by atoms with Crippen molar-refractivity contribution in [2.45, 2.75) is 77.0 Å². The van der Waals surface area contributed by atoms with Crippen molar-refractivity contribution in [1.82, 2.24) is 0 Å². The second kappa shape index (κ2) is 12.8. The quantitative estimate of drug-likeness (QED) is 0.216. The van der Waals surface area contributed by atoms with Crippen LogP contribution in [0.25, 0.3) is 23.8 Å². The maximum absolute atomic E-state index is 11.3. The summed E-state index contributed by atoms with van der Waals surface area (Å²) in [5.41, 5.74) is 8.18. The van der Waals surface area contributed by atoms with Crippen molar-refractivity contribution in [3.63, 3.8) is 0 Å². The van der Waals surface area contributed by atoms with Crippen LogP contribution in [0, 0.1) is 13.8 Å². The topological polar surface area (TPSA) is 94.1 Å². The lowest BCUT2D eigenvalue weighted by atomic mass is 9.79. The molecule has 4 aromatic carbocycles. The zero-order valence-corrected chi connectivity index (χ0v) is 32.4. The van der Waals surface area contributed by atoms with E-state index in [9.17, 15) is 5.11 Å². The van der Waals surface area contributed by atoms with Crippen LogP contribution in [0.4, 0.5) is 0 Å². The van der Waals surface area contributed by atoms with Crippen LogP contribution in [-0.4, -0.2) is 55.9 Å². The zero-order chi connectivity index (χ0) is 38.4. The summed E-state index contributed by atoms with van der Waals surface area (Å²) in [6, 6.07) is 15.9. The average molecular weight is 743 g/mol. The average Bonchev–Trinajstić information content (AvgIpc) is 3.15. The smallest absolute Gasteiger partial charge is 0.158 e. The molecule has 0 aromatic heterocycles. The maximum Gasteiger partial charge on any atom is 0.158 e. The first-order valence-corrected chi connectivity index (χ1v) is 18.8. The van der Waals surface area contributed by atoms with Crippen molar-refractivity contribution < 1.29 is 43.0 Å². The van der Waals surface area contributed by atoms with E-state index in [1.165, 1.54) is 0 Å². The Labute approximate surface area is 321 Å². The molecular formula is C46H46O9. The number of aryl methyl sites for hydroxylation is 2. The SMILES string of the molecule is COc1cc2c(cc1C)OC[C@H]1Oc3c(ccc4c3C=CC(C)(C)O4)C=C21.COc1cc2c(cc1C)OC[C@H]1Oc3c(ccc4c3C=CC(C)(C)O4)[C@@H](O)[C@@H]21. The first kappa shape index (κ1) is 35.2. The Morgan fingerprint density at radius 1 is 0.673 bits per heavy atom. The predicted molar refractivity (Wildman–Crippen MR) is 211 cm³/mol. The van der Waals surface area contributed by atoms with Crippen LogP contribution >= 0.6 is 0 Å². The van der Waals surface area contributed by atoms with Crippen LogP contribution in [0.2, 0.25) is 0 Å². The molecule has 6 aliphatic rings. The van der Waals surface area contributed by atoms with Crippen LogP contribution in [0.1, 0.15) is 84.2 Å². The number of aliphatic hydroxyl groups excluding tert-OH is 1. The Morgan fingerprint density at radius 3 is 1.98 bits per heavy atom. The van der Waals surface area contributed by atoms with E-state index in [1.54, 1.807) is 14.2 Å². The molecule has 0 saturated heterocycles. The van der Waals surface area contributed by atoms with Crippen LogP contribution in [0.5, 0.6) is 46.0 Å². The van der Waals surface area contributed by atoms with Gasteiger partial charge in [0.2, 0.25) is 0 Å². The fraction of sp³-hybridized carbons (Fsp3) is 0.348. The van der Waals surface area contributed by atoms with Crippen molar-refractivity contribution in [3.8, 4) is 46.0 Å². The van der Waals surface area contributed by atoms with E-state index in [0.29, 0.717) is 19.0 Å². The third-order valence-corrected chi connectivity index (χ3v) is 11.2. The van der Waals surface area contributed by atoms with E-state index >= 15 is 0 Å². The van der Waals surface area contributed by atoms with Gasteiger partial charge in [0.15, 0.2) is 6.10 Å². The summed E-state index contributed by atoms with van der Waals surface area (Å²) in [6.07, 6.45) is 9.28. The molecular weight excluding hydrogens is 696 g/mol. The molecule has 4 atom stereocenters. The Balaban J connectivity index is 0.000000144. The number of methoxy groups -OCH3 is 2. The summed E-state index contributed by atoms with van der Waals surface area (Å²) in [7, 11) is 3.34. The minimum atomic E-state index is -0.697. The summed E-state index contributed by atoms with van der Waals surface area (Å²) in [5, 5.41) is 11.3. The summed E-state index contributed by atoms with van der Waals surface area (Å²) >= 11 is 0. The zero-order valence-electron chi connectivity index (χ0n) is 32.4. The van der Waals surface area contributed by atoms with Gasteiger partial charge in [0.1, 0.15) is 76.5 Å². The molecule has 0 radical (unpaired) electrons. The van der Waals surface area contributed by atoms with Gasteiger partial charge in [0, 0.05) is 27.8 Å². The lowest BCUT2D eigenvalue weighted by molar-refractivity contribution is 0.000806. The van der Waals surface area contributed by atoms with Crippen molar-refractivity contribution >= 4 is 23.8 Å². The molecule has 0 unspecified atom stereocenters. The number of ether oxygens (including phenoxy) is 8. The minimum Gasteiger partial charge on any atom is -0.496 e. The molecule has 1 N–H and O–H groups in total. The highest BCUT2D eigenvalue weighted by molar-refractivity contribution is 5.92. The largest absolute Gasteiger partial charge is 0.496 e. The van der Waals surface area contributed by atoms with Crippen molar-refractivity contribution in [3.05, 3.63) is 105 Å². The summed E-state index contributed by atoms with van der Waals surface area (Å²) in [5.74, 6) is 6.26. The van der Waals surface area contributed by atoms with Crippen LogP contribution in [0.15, 0.2) is 60.7 Å². The fourth-order valence-corrected chi connectivity index (χ4v) is 8.32. The highest BCUT2D eigenvalue weighted by Crippen LogP contribution is 2.53. The standard InChI is InChI=1S/C23H24O5.C23H22O4/c1-12-9-18-15(10-17(12)25-4)20-19(11-26-18)27-22-13-7-8-23(2,3)28-16(13)6-5-14(22)21(20)24;1-13-9-20-17(11-19(13)24-4)16-10-14-5-6-18-15(7-8-23(2,3)27-18)22(14)26-21(16)12-25-20/h5-10,19-21,24H,11H2,1-4H3;5-11,21H,12H2,1-4H3/t19-,20+,21-;21-/m11/s1. The van der Waals surface area contributed by atoms with Crippen LogP contribution in [0.3, 0.4) is 0 Å². The number of fused-ring (bicyclic) bond motifs is 12. The number of aliphatic hydroxyl groups is 1. The Morgan fingerprint density at radius 2 is 1.29 bits per heavy atom. The third-order valence-electron chi connectivity index (χ3n) is 11.2. The molecule has 0 spiro atoms. The molecule has 6 aliphatic heterocycles. The van der Waals surface area contributed by atoms with Crippen LogP contribution < -0.4 is 37.9 Å². The summed E-state index contributed by atoms with van der Waals surface area (Å²) in [4.78, 5) is 0. The van der Waals surface area contributed by atoms with Gasteiger partial charge >= 0.3 is 0 Å². The number of rotatable bonds is 2. The molecule has 4 aromatic rings. The van der Waals surface area contributed by atoms with Gasteiger partial charge in [-0.05, 0) is 132 Å². The molecule has 0 saturated carbocycles. The molecule has 6 heterocycles. The molecule has 0 fully saturated rings. The van der Waals surface area contributed by atoms with Crippen molar-refractivity contribution in [2.75, 3.05) is 27.4 Å². The third kappa shape index (κ3) is 5.96. The number of benzene rings is 4. The van der Waals surface area contributed by atoms with E-state index in [1.807, 2.05) is 96.2 Å². The van der Waals surface area contributed by atoms with Crippen molar-refractivity contribution in [2.24, 2.45) is 0 Å². The van der Waals surface area contributed by atoms with Gasteiger partial charge in [0.25, 0.3) is 0 Å². The minimum absolute atomic E-state index is 0.146. The first-order chi connectivity index (χ1) is 26.3. The highest BCUT2D eigenvalue weighted by Gasteiger charge is 2.45. The van der Waals surface area contributed by atoms with Gasteiger partial charge in [-0.3, -0.25) is 0 Å². The second-order valence-electron chi connectivity index (χ2n) is 16.0. The summed E-state index contributed by atoms with van der Waals surface area (Å²) in [6.45, 7) is 13.0. The second-order valence-corrected chi connectivity index (χ2v) is 16.0. The Kier molecular flexibility index (Phi) is 8.17. The van der Waals surface area contributed by atoms with Gasteiger partial charge in [-0.1, -0.05) is 0 Å². The molecule has 284 valence electrons. The van der Waals surface area contributed by atoms with E-state index in [2.05, 4.69) is 24.3 Å². The van der Waals surface area contributed by atoms with Gasteiger partial charge in [-0.25, -0.2) is 0 Å². The van der Waals surface area contributed by atoms with Crippen LogP contribution in [-0.2, 0) is 0 Å². The fourth-order valence-electron chi connectivity index (χ4n) is 8.32. The monoisotopic (exact) mass is 742 g/mol. The maximum atomic E-state index is 11.3. The Bertz CT molecular complexity index is 2330. The predicted octanol–water partition coefficient (Wildman–Crippen LogP) is 9.04. The van der Waals surface area contributed by atoms with Crippen molar-refractivity contribution in [1.29, 1.82) is 0 Å². The molecule has 0 aliphatic carbocycles. The molecule has 55 heavy (non-hydrogen) atoms. The van der Waals surface area contributed by atoms with E-state index in [-0.39, 0.29) is 29.3 Å². The highest BCUT2D eigenvalue weighted by atomic mass is 16.6. The lowest BCUT2D eigenvalue weighted by Gasteiger charge is -2.42. The van der Waals surface area contributed by atoms with E-state index in [0.717, 1.165) is 90.3 Å². The number of hydrogen-bond donors (Lipinski definition) is 1. The normalized spacial score (nSPS) is 23.3. The van der Waals surface area contributed by atoms with Gasteiger partial charge in [-0.15, -0.1) is 0 Å². The molecule has 9 heteroatoms. The first-order valence-electron chi connectivity index (χ1n) is 18.8. The lowest BCUT2D eigenvalue weighted by Crippen LogP contribution is -2.42. The molecule has 0 amide bonds. The van der Waals surface area contributed by atoms with Gasteiger partial charge in [0.05, 0.1) is 37.4 Å².